The molecule has 20 heavy (non-hydrogen) atoms. The summed E-state index contributed by atoms with van der Waals surface area (Å²) in [6.45, 7) is 3.60. The average molecular weight is 388 g/mol. The standard InChI is InChI=1S/C12H13BrClFO4S/c1-3-4-7(2)19-12(16)8-5-11(20(14,17)18)9(13)6-10(8)15/h5-7H,3-4H2,1-2H3. The monoisotopic (exact) mass is 386 g/mol. The number of ether oxygens (including phenoxy) is 1. The van der Waals surface area contributed by atoms with Crippen molar-refractivity contribution in [1.82, 2.24) is 0 Å². The van der Waals surface area contributed by atoms with Crippen molar-refractivity contribution in [2.45, 2.75) is 37.7 Å². The fourth-order valence-electron chi connectivity index (χ4n) is 1.58. The summed E-state index contributed by atoms with van der Waals surface area (Å²) in [6, 6.07) is 1.74. The summed E-state index contributed by atoms with van der Waals surface area (Å²) in [7, 11) is 1.12. The molecular formula is C12H13BrClFO4S. The molecule has 1 atom stereocenters. The zero-order valence-electron chi connectivity index (χ0n) is 10.8. The first-order valence-corrected chi connectivity index (χ1v) is 8.91. The van der Waals surface area contributed by atoms with Crippen molar-refractivity contribution in [3.05, 3.63) is 28.0 Å². The van der Waals surface area contributed by atoms with Crippen LogP contribution in [0.5, 0.6) is 0 Å². The minimum Gasteiger partial charge on any atom is -0.459 e. The van der Waals surface area contributed by atoms with E-state index in [2.05, 4.69) is 15.9 Å². The lowest BCUT2D eigenvalue weighted by Gasteiger charge is -2.13. The molecule has 1 unspecified atom stereocenters. The van der Waals surface area contributed by atoms with Gasteiger partial charge in [0.1, 0.15) is 5.82 Å². The molecule has 0 aliphatic rings. The molecular weight excluding hydrogens is 375 g/mol. The summed E-state index contributed by atoms with van der Waals surface area (Å²) in [5.74, 6) is -1.80. The van der Waals surface area contributed by atoms with E-state index < -0.39 is 26.4 Å². The molecule has 0 aliphatic carbocycles. The third kappa shape index (κ3) is 4.43. The zero-order valence-corrected chi connectivity index (χ0v) is 14.0. The Morgan fingerprint density at radius 1 is 1.50 bits per heavy atom. The number of rotatable bonds is 5. The highest BCUT2D eigenvalue weighted by Gasteiger charge is 2.23. The molecule has 0 bridgehead atoms. The molecule has 8 heteroatoms. The fourth-order valence-corrected chi connectivity index (χ4v) is 3.75. The first kappa shape index (κ1) is 17.4. The smallest absolute Gasteiger partial charge is 0.341 e. The first-order valence-electron chi connectivity index (χ1n) is 5.81. The maximum absolute atomic E-state index is 13.7. The van der Waals surface area contributed by atoms with Gasteiger partial charge in [-0.2, -0.15) is 0 Å². The van der Waals surface area contributed by atoms with Crippen molar-refractivity contribution in [2.75, 3.05) is 0 Å². The highest BCUT2D eigenvalue weighted by Crippen LogP contribution is 2.28. The highest BCUT2D eigenvalue weighted by molar-refractivity contribution is 9.10. The van der Waals surface area contributed by atoms with E-state index in [0.29, 0.717) is 6.42 Å². The summed E-state index contributed by atoms with van der Waals surface area (Å²) in [5.41, 5.74) is -0.463. The van der Waals surface area contributed by atoms with Crippen LogP contribution in [-0.2, 0) is 13.8 Å². The van der Waals surface area contributed by atoms with Gasteiger partial charge in [-0.25, -0.2) is 17.6 Å². The van der Waals surface area contributed by atoms with E-state index in [9.17, 15) is 17.6 Å². The highest BCUT2D eigenvalue weighted by atomic mass is 79.9. The second-order valence-corrected chi connectivity index (χ2v) is 7.59. The van der Waals surface area contributed by atoms with E-state index in [1.54, 1.807) is 6.92 Å². The molecule has 0 amide bonds. The molecule has 1 rings (SSSR count). The van der Waals surface area contributed by atoms with E-state index >= 15 is 0 Å². The molecule has 0 saturated carbocycles. The largest absolute Gasteiger partial charge is 0.459 e. The van der Waals surface area contributed by atoms with Crippen LogP contribution < -0.4 is 0 Å². The van der Waals surface area contributed by atoms with Gasteiger partial charge >= 0.3 is 5.97 Å². The quantitative estimate of drug-likeness (QED) is 0.568. The van der Waals surface area contributed by atoms with Crippen LogP contribution in [0.3, 0.4) is 0 Å². The Kier molecular flexibility index (Phi) is 5.97. The van der Waals surface area contributed by atoms with Gasteiger partial charge in [-0.05, 0) is 41.4 Å². The summed E-state index contributed by atoms with van der Waals surface area (Å²) < 4.78 is 41.4. The van der Waals surface area contributed by atoms with Crippen LogP contribution in [0.1, 0.15) is 37.0 Å². The lowest BCUT2D eigenvalue weighted by molar-refractivity contribution is 0.0318. The van der Waals surface area contributed by atoms with Crippen molar-refractivity contribution in [2.24, 2.45) is 0 Å². The predicted octanol–water partition coefficient (Wildman–Crippen LogP) is 3.86. The molecule has 0 heterocycles. The topological polar surface area (TPSA) is 60.4 Å². The van der Waals surface area contributed by atoms with E-state index in [-0.39, 0.29) is 15.5 Å². The van der Waals surface area contributed by atoms with Crippen LogP contribution in [0.2, 0.25) is 0 Å². The number of hydrogen-bond donors (Lipinski definition) is 0. The van der Waals surface area contributed by atoms with Gasteiger partial charge < -0.3 is 4.74 Å². The third-order valence-electron chi connectivity index (χ3n) is 2.51. The molecule has 4 nitrogen and oxygen atoms in total. The molecule has 0 N–H and O–H groups in total. The van der Waals surface area contributed by atoms with Gasteiger partial charge in [0, 0.05) is 15.2 Å². The Balaban J connectivity index is 3.16. The number of esters is 1. The van der Waals surface area contributed by atoms with Gasteiger partial charge in [0.25, 0.3) is 9.05 Å². The third-order valence-corrected chi connectivity index (χ3v) is 4.79. The van der Waals surface area contributed by atoms with Crippen LogP contribution in [0.4, 0.5) is 4.39 Å². The number of benzene rings is 1. The maximum Gasteiger partial charge on any atom is 0.341 e. The molecule has 0 radical (unpaired) electrons. The minimum absolute atomic E-state index is 0.0526. The van der Waals surface area contributed by atoms with Gasteiger partial charge in [-0.1, -0.05) is 13.3 Å². The van der Waals surface area contributed by atoms with Gasteiger partial charge in [0.2, 0.25) is 0 Å². The van der Waals surface area contributed by atoms with E-state index in [1.807, 2.05) is 6.92 Å². The van der Waals surface area contributed by atoms with Gasteiger partial charge in [-0.15, -0.1) is 0 Å². The Morgan fingerprint density at radius 2 is 2.10 bits per heavy atom. The van der Waals surface area contributed by atoms with Gasteiger partial charge in [-0.3, -0.25) is 0 Å². The van der Waals surface area contributed by atoms with Crippen molar-refractivity contribution in [1.29, 1.82) is 0 Å². The van der Waals surface area contributed by atoms with Crippen LogP contribution >= 0.6 is 26.6 Å². The number of carbonyl (C=O) groups excluding carboxylic acids is 1. The Morgan fingerprint density at radius 3 is 2.60 bits per heavy atom. The lowest BCUT2D eigenvalue weighted by Crippen LogP contribution is -2.16. The second-order valence-electron chi connectivity index (χ2n) is 4.20. The summed E-state index contributed by atoms with van der Waals surface area (Å²) in [6.07, 6.45) is 1.05. The normalized spacial score (nSPS) is 13.1. The minimum atomic E-state index is -4.09. The van der Waals surface area contributed by atoms with Crippen LogP contribution in [0.25, 0.3) is 0 Å². The van der Waals surface area contributed by atoms with E-state index in [0.717, 1.165) is 18.6 Å². The van der Waals surface area contributed by atoms with Crippen molar-refractivity contribution < 1.29 is 22.3 Å². The number of halogens is 3. The molecule has 1 aromatic carbocycles. The molecule has 1 aromatic rings. The summed E-state index contributed by atoms with van der Waals surface area (Å²) in [5, 5.41) is 0. The van der Waals surface area contributed by atoms with Gasteiger partial charge in [0.05, 0.1) is 16.6 Å². The van der Waals surface area contributed by atoms with Crippen molar-refractivity contribution in [3.63, 3.8) is 0 Å². The average Bonchev–Trinajstić information content (AvgIpc) is 2.26. The summed E-state index contributed by atoms with van der Waals surface area (Å²) in [4.78, 5) is 11.4. The first-order chi connectivity index (χ1) is 9.16. The van der Waals surface area contributed by atoms with Crippen molar-refractivity contribution in [3.8, 4) is 0 Å². The molecule has 0 fully saturated rings. The molecule has 0 aromatic heterocycles. The molecule has 112 valence electrons. The molecule has 0 spiro atoms. The Labute approximate surface area is 129 Å². The van der Waals surface area contributed by atoms with Gasteiger partial charge in [0.15, 0.2) is 0 Å². The maximum atomic E-state index is 13.7. The zero-order chi connectivity index (χ0) is 15.5. The van der Waals surface area contributed by atoms with E-state index in [4.69, 9.17) is 15.4 Å². The van der Waals surface area contributed by atoms with E-state index in [1.165, 1.54) is 0 Å². The lowest BCUT2D eigenvalue weighted by atomic mass is 10.2. The van der Waals surface area contributed by atoms with Crippen LogP contribution in [0.15, 0.2) is 21.5 Å². The van der Waals surface area contributed by atoms with Crippen LogP contribution in [0, 0.1) is 5.82 Å². The van der Waals surface area contributed by atoms with Crippen LogP contribution in [-0.4, -0.2) is 20.5 Å². The second kappa shape index (κ2) is 6.87. The molecule has 0 aliphatic heterocycles. The fraction of sp³-hybridized carbons (Fsp3) is 0.417. The summed E-state index contributed by atoms with van der Waals surface area (Å²) >= 11 is 2.89. The van der Waals surface area contributed by atoms with Crippen molar-refractivity contribution >= 4 is 41.6 Å². The Hall–Kier alpha value is -0.660. The number of carbonyl (C=O) groups is 1. The predicted molar refractivity (Wildman–Crippen MR) is 76.9 cm³/mol. The SMILES string of the molecule is CCCC(C)OC(=O)c1cc(S(=O)(=O)Cl)c(Br)cc1F. The number of hydrogen-bond acceptors (Lipinski definition) is 4. The Bertz CT molecular complexity index is 618. The molecule has 0 saturated heterocycles.